The van der Waals surface area contributed by atoms with Crippen LogP contribution in [0.5, 0.6) is 0 Å². The minimum absolute atomic E-state index is 0.0159. The van der Waals surface area contributed by atoms with Crippen LogP contribution in [0.3, 0.4) is 0 Å². The van der Waals surface area contributed by atoms with Crippen LogP contribution in [-0.4, -0.2) is 11.0 Å². The first-order chi connectivity index (χ1) is 6.13. The normalized spacial score (nSPS) is 12.5. The van der Waals surface area contributed by atoms with E-state index in [1.807, 2.05) is 0 Å². The number of hydrogen-bond donors (Lipinski definition) is 1. The van der Waals surface area contributed by atoms with Gasteiger partial charge < -0.3 is 5.32 Å². The van der Waals surface area contributed by atoms with E-state index >= 15 is 0 Å². The molecule has 0 aromatic carbocycles. The molecule has 13 heavy (non-hydrogen) atoms. The predicted octanol–water partition coefficient (Wildman–Crippen LogP) is 2.87. The first-order valence-corrected chi connectivity index (χ1v) is 5.17. The van der Waals surface area contributed by atoms with Crippen molar-refractivity contribution in [1.29, 1.82) is 0 Å². The molecule has 70 valence electrons. The van der Waals surface area contributed by atoms with Gasteiger partial charge in [0, 0.05) is 0 Å². The Kier molecular flexibility index (Phi) is 3.58. The van der Waals surface area contributed by atoms with Crippen LogP contribution in [0.1, 0.15) is 13.8 Å². The predicted molar refractivity (Wildman–Crippen MR) is 58.2 cm³/mol. The number of aromatic nitrogens is 1. The Hall–Kier alpha value is -0.720. The average molecular weight is 215 g/mol. The van der Waals surface area contributed by atoms with Crippen LogP contribution in [-0.2, 0) is 0 Å². The van der Waals surface area contributed by atoms with E-state index in [-0.39, 0.29) is 6.04 Å². The van der Waals surface area contributed by atoms with Gasteiger partial charge in [-0.2, -0.15) is 0 Å². The number of anilines is 1. The number of thiazole rings is 1. The van der Waals surface area contributed by atoms with Gasteiger partial charge in [-0.3, -0.25) is 0 Å². The van der Waals surface area contributed by atoms with Crippen molar-refractivity contribution in [2.45, 2.75) is 19.9 Å². The van der Waals surface area contributed by atoms with Crippen LogP contribution in [0, 0.1) is 18.3 Å². The van der Waals surface area contributed by atoms with E-state index in [0.29, 0.717) is 10.3 Å². The number of nitrogens with zero attached hydrogens (tertiary/aromatic N) is 1. The summed E-state index contributed by atoms with van der Waals surface area (Å²) < 4.78 is 0.669. The van der Waals surface area contributed by atoms with Crippen molar-refractivity contribution in [3.05, 3.63) is 10.5 Å². The summed E-state index contributed by atoms with van der Waals surface area (Å²) in [6.45, 7) is 4.12. The second-order valence-corrected chi connectivity index (χ2v) is 4.66. The maximum Gasteiger partial charge on any atom is 0.185 e. The molecule has 0 aliphatic carbocycles. The van der Waals surface area contributed by atoms with Crippen molar-refractivity contribution in [2.24, 2.45) is 5.92 Å². The maximum atomic E-state index is 5.73. The summed E-state index contributed by atoms with van der Waals surface area (Å²) in [5, 5.41) is 3.92. The standard InChI is InChI=1S/C9H11ClN2S/c1-4-7(6(2)3)12-9-11-5-8(10)13-9/h1,5-7H,2-3H3,(H,11,12). The molecule has 1 rings (SSSR count). The molecule has 1 unspecified atom stereocenters. The Morgan fingerprint density at radius 3 is 2.77 bits per heavy atom. The molecule has 0 aliphatic rings. The highest BCUT2D eigenvalue weighted by molar-refractivity contribution is 7.19. The molecule has 0 saturated carbocycles. The molecule has 0 amide bonds. The largest absolute Gasteiger partial charge is 0.348 e. The van der Waals surface area contributed by atoms with E-state index in [1.165, 1.54) is 11.3 Å². The van der Waals surface area contributed by atoms with Crippen molar-refractivity contribution < 1.29 is 0 Å². The number of nitrogens with one attached hydrogen (secondary N) is 1. The van der Waals surface area contributed by atoms with Crippen molar-refractivity contribution in [3.8, 4) is 12.3 Å². The van der Waals surface area contributed by atoms with Crippen LogP contribution in [0.4, 0.5) is 5.13 Å². The highest BCUT2D eigenvalue weighted by Crippen LogP contribution is 2.23. The number of hydrogen-bond acceptors (Lipinski definition) is 3. The van der Waals surface area contributed by atoms with Gasteiger partial charge in [0.25, 0.3) is 0 Å². The first-order valence-electron chi connectivity index (χ1n) is 3.97. The molecule has 4 heteroatoms. The summed E-state index contributed by atoms with van der Waals surface area (Å²) in [6, 6.07) is 0.0159. The smallest absolute Gasteiger partial charge is 0.185 e. The lowest BCUT2D eigenvalue weighted by molar-refractivity contribution is 0.614. The average Bonchev–Trinajstić information content (AvgIpc) is 2.46. The van der Waals surface area contributed by atoms with Gasteiger partial charge in [-0.05, 0) is 5.92 Å². The van der Waals surface area contributed by atoms with Crippen LogP contribution < -0.4 is 5.32 Å². The van der Waals surface area contributed by atoms with E-state index in [2.05, 4.69) is 30.1 Å². The Bertz CT molecular complexity index is 314. The summed E-state index contributed by atoms with van der Waals surface area (Å²) in [7, 11) is 0. The molecule has 0 spiro atoms. The van der Waals surface area contributed by atoms with E-state index in [1.54, 1.807) is 6.20 Å². The van der Waals surface area contributed by atoms with Crippen molar-refractivity contribution in [3.63, 3.8) is 0 Å². The third kappa shape index (κ3) is 2.91. The van der Waals surface area contributed by atoms with E-state index in [9.17, 15) is 0 Å². The van der Waals surface area contributed by atoms with Crippen LogP contribution in [0.2, 0.25) is 4.34 Å². The third-order valence-electron chi connectivity index (χ3n) is 1.60. The van der Waals surface area contributed by atoms with E-state index in [4.69, 9.17) is 18.0 Å². The molecular weight excluding hydrogens is 204 g/mol. The lowest BCUT2D eigenvalue weighted by Crippen LogP contribution is -2.23. The third-order valence-corrected chi connectivity index (χ3v) is 2.65. The number of halogens is 1. The van der Waals surface area contributed by atoms with Gasteiger partial charge in [-0.15, -0.1) is 6.42 Å². The maximum absolute atomic E-state index is 5.73. The Balaban J connectivity index is 2.63. The molecule has 1 N–H and O–H groups in total. The molecule has 2 nitrogen and oxygen atoms in total. The fourth-order valence-corrected chi connectivity index (χ4v) is 1.70. The van der Waals surface area contributed by atoms with Gasteiger partial charge in [0.1, 0.15) is 4.34 Å². The highest BCUT2D eigenvalue weighted by Gasteiger charge is 2.11. The summed E-state index contributed by atoms with van der Waals surface area (Å²) in [6.07, 6.45) is 6.97. The molecule has 0 aliphatic heterocycles. The lowest BCUT2D eigenvalue weighted by Gasteiger charge is -2.15. The summed E-state index contributed by atoms with van der Waals surface area (Å²) in [4.78, 5) is 4.07. The Labute approximate surface area is 87.3 Å². The first kappa shape index (κ1) is 10.4. The fraction of sp³-hybridized carbons (Fsp3) is 0.444. The van der Waals surface area contributed by atoms with Crippen LogP contribution in [0.25, 0.3) is 0 Å². The molecule has 0 fully saturated rings. The summed E-state index contributed by atoms with van der Waals surface area (Å²) >= 11 is 7.13. The zero-order chi connectivity index (χ0) is 9.84. The minimum Gasteiger partial charge on any atom is -0.348 e. The van der Waals surface area contributed by atoms with Crippen molar-refractivity contribution >= 4 is 28.1 Å². The topological polar surface area (TPSA) is 24.9 Å². The SMILES string of the molecule is C#CC(Nc1ncc(Cl)s1)C(C)C. The Morgan fingerprint density at radius 2 is 2.38 bits per heavy atom. The molecule has 1 aromatic heterocycles. The van der Waals surface area contributed by atoms with Crippen LogP contribution >= 0.6 is 22.9 Å². The van der Waals surface area contributed by atoms with Crippen molar-refractivity contribution in [2.75, 3.05) is 5.32 Å². The molecule has 1 atom stereocenters. The van der Waals surface area contributed by atoms with E-state index in [0.717, 1.165) is 5.13 Å². The summed E-state index contributed by atoms with van der Waals surface area (Å²) in [5.74, 6) is 3.05. The van der Waals surface area contributed by atoms with Crippen molar-refractivity contribution in [1.82, 2.24) is 4.98 Å². The zero-order valence-corrected chi connectivity index (χ0v) is 9.12. The van der Waals surface area contributed by atoms with Gasteiger partial charge in [0.05, 0.1) is 12.2 Å². The highest BCUT2D eigenvalue weighted by atomic mass is 35.5. The lowest BCUT2D eigenvalue weighted by atomic mass is 10.1. The summed E-state index contributed by atoms with van der Waals surface area (Å²) in [5.41, 5.74) is 0. The fourth-order valence-electron chi connectivity index (χ4n) is 0.855. The molecule has 1 heterocycles. The molecule has 1 aromatic rings. The second kappa shape index (κ2) is 4.50. The molecule has 0 bridgehead atoms. The quantitative estimate of drug-likeness (QED) is 0.783. The second-order valence-electron chi connectivity index (χ2n) is 3.00. The zero-order valence-electron chi connectivity index (χ0n) is 7.54. The van der Waals surface area contributed by atoms with Gasteiger partial charge in [0.2, 0.25) is 0 Å². The number of rotatable bonds is 3. The Morgan fingerprint density at radius 1 is 1.69 bits per heavy atom. The van der Waals surface area contributed by atoms with Gasteiger partial charge in [0.15, 0.2) is 5.13 Å². The number of terminal acetylenes is 1. The van der Waals surface area contributed by atoms with Crippen LogP contribution in [0.15, 0.2) is 6.20 Å². The molecular formula is C9H11ClN2S. The molecule has 0 radical (unpaired) electrons. The monoisotopic (exact) mass is 214 g/mol. The van der Waals surface area contributed by atoms with E-state index < -0.39 is 0 Å². The van der Waals surface area contributed by atoms with Gasteiger partial charge >= 0.3 is 0 Å². The van der Waals surface area contributed by atoms with Gasteiger partial charge in [-0.1, -0.05) is 42.7 Å². The van der Waals surface area contributed by atoms with Gasteiger partial charge in [-0.25, -0.2) is 4.98 Å². The minimum atomic E-state index is 0.0159. The molecule has 0 saturated heterocycles.